The van der Waals surface area contributed by atoms with E-state index in [2.05, 4.69) is 25.3 Å². The van der Waals surface area contributed by atoms with Crippen LogP contribution < -0.4 is 20.3 Å². The van der Waals surface area contributed by atoms with E-state index in [-0.39, 0.29) is 12.3 Å². The molecule has 0 bridgehead atoms. The van der Waals surface area contributed by atoms with Gasteiger partial charge < -0.3 is 20.3 Å². The summed E-state index contributed by atoms with van der Waals surface area (Å²) in [4.78, 5) is 10.7. The third kappa shape index (κ3) is 6.97. The lowest BCUT2D eigenvalue weighted by atomic mass is 10.2. The lowest BCUT2D eigenvalue weighted by molar-refractivity contribution is -0.274. The Balaban J connectivity index is 2.04. The second kappa shape index (κ2) is 9.45. The van der Waals surface area contributed by atoms with Crippen molar-refractivity contribution in [3.63, 3.8) is 0 Å². The average molecular weight is 401 g/mol. The second-order valence-electron chi connectivity index (χ2n) is 5.72. The summed E-state index contributed by atoms with van der Waals surface area (Å²) < 4.78 is 41.6. The number of anilines is 1. The predicted molar refractivity (Wildman–Crippen MR) is 101 cm³/mol. The minimum Gasteiger partial charge on any atom is -0.405 e. The summed E-state index contributed by atoms with van der Waals surface area (Å²) in [7, 11) is 3.84. The van der Waals surface area contributed by atoms with Crippen LogP contribution in [0.5, 0.6) is 5.75 Å². The molecule has 2 rings (SSSR count). The normalized spacial score (nSPS) is 12.0. The number of nitrogens with zero attached hydrogens (tertiary/aromatic N) is 3. The molecule has 6 nitrogen and oxygen atoms in total. The summed E-state index contributed by atoms with van der Waals surface area (Å²) in [6.07, 6.45) is -4.74. The third-order valence-corrected chi connectivity index (χ3v) is 4.37. The molecule has 0 amide bonds. The summed E-state index contributed by atoms with van der Waals surface area (Å²) in [6.45, 7) is 3.02. The summed E-state index contributed by atoms with van der Waals surface area (Å²) in [5.74, 6) is 0.235. The van der Waals surface area contributed by atoms with E-state index in [9.17, 15) is 13.2 Å². The van der Waals surface area contributed by atoms with Crippen molar-refractivity contribution >= 4 is 22.4 Å². The van der Waals surface area contributed by atoms with Gasteiger partial charge in [0, 0.05) is 31.6 Å². The number of halogens is 3. The maximum Gasteiger partial charge on any atom is 0.573 e. The Kier molecular flexibility index (Phi) is 7.28. The highest BCUT2D eigenvalue weighted by Gasteiger charge is 2.31. The highest BCUT2D eigenvalue weighted by atomic mass is 32.1. The highest BCUT2D eigenvalue weighted by Crippen LogP contribution is 2.26. The standard InChI is InChI=1S/C17H22F3N5OS/c1-4-21-15(23-10-13-11-27-16(24-13)25(2)3)22-9-12-7-5-6-8-14(12)26-17(18,19)20/h5-8,11H,4,9-10H2,1-3H3,(H2,21,22,23). The Labute approximate surface area is 160 Å². The van der Waals surface area contributed by atoms with Crippen molar-refractivity contribution in [1.29, 1.82) is 0 Å². The van der Waals surface area contributed by atoms with E-state index < -0.39 is 6.36 Å². The van der Waals surface area contributed by atoms with Crippen LogP contribution in [0.4, 0.5) is 18.3 Å². The zero-order chi connectivity index (χ0) is 19.9. The molecule has 0 atom stereocenters. The first-order valence-electron chi connectivity index (χ1n) is 8.26. The number of aliphatic imine (C=N–C) groups is 1. The average Bonchev–Trinajstić information content (AvgIpc) is 3.06. The monoisotopic (exact) mass is 401 g/mol. The van der Waals surface area contributed by atoms with Crippen LogP contribution in [0.15, 0.2) is 34.6 Å². The number of aromatic nitrogens is 1. The van der Waals surface area contributed by atoms with Crippen molar-refractivity contribution in [2.45, 2.75) is 26.4 Å². The summed E-state index contributed by atoms with van der Waals surface area (Å²) in [5, 5.41) is 9.03. The number of thiazole rings is 1. The molecule has 0 unspecified atom stereocenters. The van der Waals surface area contributed by atoms with Crippen molar-refractivity contribution in [1.82, 2.24) is 15.6 Å². The topological polar surface area (TPSA) is 61.8 Å². The molecule has 0 radical (unpaired) electrons. The number of guanidine groups is 1. The molecule has 0 aliphatic rings. The number of alkyl halides is 3. The van der Waals surface area contributed by atoms with E-state index in [1.54, 1.807) is 12.1 Å². The van der Waals surface area contributed by atoms with E-state index in [1.165, 1.54) is 23.5 Å². The van der Waals surface area contributed by atoms with E-state index in [0.717, 1.165) is 10.8 Å². The first kappa shape index (κ1) is 20.8. The van der Waals surface area contributed by atoms with Crippen molar-refractivity contribution in [2.24, 2.45) is 4.99 Å². The van der Waals surface area contributed by atoms with Gasteiger partial charge in [-0.25, -0.2) is 9.98 Å². The van der Waals surface area contributed by atoms with Gasteiger partial charge in [-0.3, -0.25) is 0 Å². The maximum atomic E-state index is 12.5. The highest BCUT2D eigenvalue weighted by molar-refractivity contribution is 7.13. The number of benzene rings is 1. The molecule has 0 spiro atoms. The molecule has 1 aromatic heterocycles. The first-order valence-corrected chi connectivity index (χ1v) is 9.14. The number of hydrogen-bond acceptors (Lipinski definition) is 5. The molecule has 148 valence electrons. The fraction of sp³-hybridized carbons (Fsp3) is 0.412. The molecule has 27 heavy (non-hydrogen) atoms. The molecule has 0 aliphatic carbocycles. The van der Waals surface area contributed by atoms with Crippen LogP contribution in [0.1, 0.15) is 18.2 Å². The van der Waals surface area contributed by atoms with Gasteiger partial charge in [-0.15, -0.1) is 24.5 Å². The van der Waals surface area contributed by atoms with E-state index in [1.807, 2.05) is 31.3 Å². The van der Waals surface area contributed by atoms with E-state index in [4.69, 9.17) is 0 Å². The lowest BCUT2D eigenvalue weighted by Gasteiger charge is -2.13. The van der Waals surface area contributed by atoms with Crippen LogP contribution in [0.3, 0.4) is 0 Å². The number of ether oxygens (including phenoxy) is 1. The van der Waals surface area contributed by atoms with Crippen LogP contribution in [0.2, 0.25) is 0 Å². The number of rotatable bonds is 7. The van der Waals surface area contributed by atoms with Crippen molar-refractivity contribution in [3.8, 4) is 5.75 Å². The SMILES string of the molecule is CCNC(=NCc1ccccc1OC(F)(F)F)NCc1csc(N(C)C)n1. The van der Waals surface area contributed by atoms with Gasteiger partial charge >= 0.3 is 6.36 Å². The molecule has 2 N–H and O–H groups in total. The van der Waals surface area contributed by atoms with Gasteiger partial charge in [0.1, 0.15) is 5.75 Å². The fourth-order valence-corrected chi connectivity index (χ4v) is 2.88. The van der Waals surface area contributed by atoms with Gasteiger partial charge in [0.15, 0.2) is 11.1 Å². The molecule has 0 saturated heterocycles. The summed E-state index contributed by atoms with van der Waals surface area (Å²) in [6, 6.07) is 5.96. The molecule has 2 aromatic rings. The van der Waals surface area contributed by atoms with Crippen LogP contribution in [0.25, 0.3) is 0 Å². The van der Waals surface area contributed by atoms with Crippen LogP contribution in [-0.4, -0.2) is 37.9 Å². The van der Waals surface area contributed by atoms with Crippen molar-refractivity contribution < 1.29 is 17.9 Å². The Morgan fingerprint density at radius 3 is 2.63 bits per heavy atom. The van der Waals surface area contributed by atoms with Gasteiger partial charge in [-0.1, -0.05) is 18.2 Å². The molecule has 0 aliphatic heterocycles. The third-order valence-electron chi connectivity index (χ3n) is 3.31. The Morgan fingerprint density at radius 1 is 1.26 bits per heavy atom. The zero-order valence-corrected chi connectivity index (χ0v) is 16.1. The Morgan fingerprint density at radius 2 is 2.00 bits per heavy atom. The quantitative estimate of drug-likeness (QED) is 0.550. The van der Waals surface area contributed by atoms with Crippen molar-refractivity contribution in [3.05, 3.63) is 40.9 Å². The van der Waals surface area contributed by atoms with Crippen LogP contribution in [0, 0.1) is 0 Å². The molecule has 0 saturated carbocycles. The van der Waals surface area contributed by atoms with E-state index in [0.29, 0.717) is 24.6 Å². The van der Waals surface area contributed by atoms with Gasteiger partial charge in [-0.05, 0) is 13.0 Å². The predicted octanol–water partition coefficient (Wildman–Crippen LogP) is 3.36. The van der Waals surface area contributed by atoms with Gasteiger partial charge in [0.05, 0.1) is 18.8 Å². The summed E-state index contributed by atoms with van der Waals surface area (Å²) in [5.41, 5.74) is 1.20. The lowest BCUT2D eigenvalue weighted by Crippen LogP contribution is -2.36. The Bertz CT molecular complexity index is 761. The Hall–Kier alpha value is -2.49. The first-order chi connectivity index (χ1) is 12.8. The fourth-order valence-electron chi connectivity index (χ4n) is 2.12. The summed E-state index contributed by atoms with van der Waals surface area (Å²) >= 11 is 1.53. The van der Waals surface area contributed by atoms with Crippen LogP contribution >= 0.6 is 11.3 Å². The van der Waals surface area contributed by atoms with E-state index >= 15 is 0 Å². The van der Waals surface area contributed by atoms with Gasteiger partial charge in [-0.2, -0.15) is 0 Å². The van der Waals surface area contributed by atoms with Crippen molar-refractivity contribution in [2.75, 3.05) is 25.5 Å². The zero-order valence-electron chi connectivity index (χ0n) is 15.3. The van der Waals surface area contributed by atoms with Crippen LogP contribution in [-0.2, 0) is 13.1 Å². The second-order valence-corrected chi connectivity index (χ2v) is 6.56. The maximum absolute atomic E-state index is 12.5. The molecule has 1 aromatic carbocycles. The largest absolute Gasteiger partial charge is 0.573 e. The smallest absolute Gasteiger partial charge is 0.405 e. The van der Waals surface area contributed by atoms with Gasteiger partial charge in [0.2, 0.25) is 0 Å². The number of para-hydroxylation sites is 1. The minimum absolute atomic E-state index is 0.0433. The molecule has 10 heteroatoms. The minimum atomic E-state index is -4.74. The molecular weight excluding hydrogens is 379 g/mol. The molecule has 0 fully saturated rings. The number of nitrogens with one attached hydrogen (secondary N) is 2. The van der Waals surface area contributed by atoms with Gasteiger partial charge in [0.25, 0.3) is 0 Å². The molecule has 1 heterocycles. The number of hydrogen-bond donors (Lipinski definition) is 2. The molecular formula is C17H22F3N5OS.